The number of rotatable bonds is 5. The van der Waals surface area contributed by atoms with Crippen LogP contribution in [0.2, 0.25) is 0 Å². The van der Waals surface area contributed by atoms with Crippen LogP contribution in [0.1, 0.15) is 17.1 Å². The van der Waals surface area contributed by atoms with Crippen molar-refractivity contribution in [2.75, 3.05) is 13.2 Å². The monoisotopic (exact) mass is 381 g/mol. The van der Waals surface area contributed by atoms with Crippen molar-refractivity contribution < 1.29 is 9.47 Å². The van der Waals surface area contributed by atoms with Crippen LogP contribution in [-0.2, 0) is 18.2 Å². The molecular formula is C19H19N5O2S. The molecule has 8 heteroatoms. The highest BCUT2D eigenvalue weighted by Crippen LogP contribution is 2.29. The van der Waals surface area contributed by atoms with E-state index in [9.17, 15) is 0 Å². The lowest BCUT2D eigenvalue weighted by Crippen LogP contribution is -2.18. The molecule has 4 aromatic heterocycles. The Morgan fingerprint density at radius 2 is 2.30 bits per heavy atom. The van der Waals surface area contributed by atoms with Gasteiger partial charge in [-0.3, -0.25) is 4.68 Å². The number of thiophene rings is 1. The van der Waals surface area contributed by atoms with E-state index in [1.807, 2.05) is 42.3 Å². The molecule has 1 aliphatic heterocycles. The molecule has 138 valence electrons. The molecule has 1 saturated heterocycles. The zero-order chi connectivity index (χ0) is 18.2. The molecule has 0 bridgehead atoms. The maximum Gasteiger partial charge on any atom is 0.242 e. The van der Waals surface area contributed by atoms with Gasteiger partial charge in [0.25, 0.3) is 0 Å². The van der Waals surface area contributed by atoms with Crippen molar-refractivity contribution in [1.29, 1.82) is 0 Å². The average Bonchev–Trinajstić information content (AvgIpc) is 3.41. The summed E-state index contributed by atoms with van der Waals surface area (Å²) in [6.45, 7) is 1.32. The number of aromatic nitrogens is 5. The molecule has 1 aliphatic rings. The minimum Gasteiger partial charge on any atom is -0.470 e. The van der Waals surface area contributed by atoms with Gasteiger partial charge in [-0.25, -0.2) is 4.98 Å². The predicted molar refractivity (Wildman–Crippen MR) is 103 cm³/mol. The zero-order valence-electron chi connectivity index (χ0n) is 14.9. The summed E-state index contributed by atoms with van der Waals surface area (Å²) in [6, 6.07) is 6.15. The minimum atomic E-state index is 0.0231. The van der Waals surface area contributed by atoms with E-state index in [2.05, 4.69) is 16.5 Å². The van der Waals surface area contributed by atoms with Crippen LogP contribution in [-0.4, -0.2) is 43.6 Å². The van der Waals surface area contributed by atoms with Crippen LogP contribution in [0.3, 0.4) is 0 Å². The third kappa shape index (κ3) is 3.22. The van der Waals surface area contributed by atoms with Gasteiger partial charge >= 0.3 is 0 Å². The van der Waals surface area contributed by atoms with Crippen molar-refractivity contribution in [3.05, 3.63) is 52.9 Å². The molecule has 0 aliphatic carbocycles. The molecule has 1 fully saturated rings. The van der Waals surface area contributed by atoms with Crippen LogP contribution in [0.25, 0.3) is 16.7 Å². The predicted octanol–water partition coefficient (Wildman–Crippen LogP) is 2.97. The minimum absolute atomic E-state index is 0.0231. The van der Waals surface area contributed by atoms with Crippen molar-refractivity contribution in [1.82, 2.24) is 24.3 Å². The maximum absolute atomic E-state index is 6.25. The molecule has 0 amide bonds. The number of ether oxygens (including phenoxy) is 2. The number of fused-ring (bicyclic) bond motifs is 1. The van der Waals surface area contributed by atoms with Gasteiger partial charge in [0.1, 0.15) is 17.4 Å². The standard InChI is InChI=1S/C19H19N5O2S/c1-23-11-13(10-20-23)24-6-4-16-18(24)19(26-14-5-7-25-12-14)22-17(21-16)9-15-3-2-8-27-15/h2-4,6,8,10-11,14H,5,7,9,12H2,1H3/t14-/m0/s1. The lowest BCUT2D eigenvalue weighted by Gasteiger charge is -2.14. The molecule has 0 aromatic carbocycles. The summed E-state index contributed by atoms with van der Waals surface area (Å²) < 4.78 is 15.5. The fourth-order valence-corrected chi connectivity index (χ4v) is 4.00. The molecular weight excluding hydrogens is 362 g/mol. The second kappa shape index (κ2) is 6.79. The zero-order valence-corrected chi connectivity index (χ0v) is 15.7. The summed E-state index contributed by atoms with van der Waals surface area (Å²) in [5.74, 6) is 1.37. The Morgan fingerprint density at radius 1 is 1.33 bits per heavy atom. The molecule has 4 aromatic rings. The maximum atomic E-state index is 6.25. The van der Waals surface area contributed by atoms with Gasteiger partial charge in [-0.1, -0.05) is 6.07 Å². The van der Waals surface area contributed by atoms with Gasteiger partial charge in [-0.2, -0.15) is 10.1 Å². The van der Waals surface area contributed by atoms with E-state index in [1.54, 1.807) is 16.0 Å². The first-order valence-electron chi connectivity index (χ1n) is 8.90. The van der Waals surface area contributed by atoms with Gasteiger partial charge in [0.05, 0.1) is 30.6 Å². The van der Waals surface area contributed by atoms with E-state index in [1.165, 1.54) is 4.88 Å². The number of hydrogen-bond acceptors (Lipinski definition) is 6. The van der Waals surface area contributed by atoms with Crippen molar-refractivity contribution in [2.45, 2.75) is 18.9 Å². The van der Waals surface area contributed by atoms with Crippen LogP contribution in [0.15, 0.2) is 42.2 Å². The van der Waals surface area contributed by atoms with Gasteiger partial charge in [0, 0.05) is 37.2 Å². The fourth-order valence-electron chi connectivity index (χ4n) is 3.30. The van der Waals surface area contributed by atoms with E-state index in [-0.39, 0.29) is 6.10 Å². The summed E-state index contributed by atoms with van der Waals surface area (Å²) >= 11 is 1.71. The lowest BCUT2D eigenvalue weighted by atomic mass is 10.3. The number of aryl methyl sites for hydroxylation is 1. The Hall–Kier alpha value is -2.71. The van der Waals surface area contributed by atoms with Crippen molar-refractivity contribution in [2.24, 2.45) is 7.05 Å². The van der Waals surface area contributed by atoms with E-state index in [0.717, 1.165) is 35.6 Å². The van der Waals surface area contributed by atoms with Crippen molar-refractivity contribution >= 4 is 22.4 Å². The van der Waals surface area contributed by atoms with Crippen molar-refractivity contribution in [3.8, 4) is 11.6 Å². The average molecular weight is 381 g/mol. The first-order chi connectivity index (χ1) is 13.3. The smallest absolute Gasteiger partial charge is 0.242 e. The molecule has 7 nitrogen and oxygen atoms in total. The first-order valence-corrected chi connectivity index (χ1v) is 9.78. The normalized spacial score (nSPS) is 17.0. The Morgan fingerprint density at radius 3 is 3.04 bits per heavy atom. The second-order valence-electron chi connectivity index (χ2n) is 6.60. The molecule has 1 atom stereocenters. The van der Waals surface area contributed by atoms with Gasteiger partial charge in [0.15, 0.2) is 0 Å². The highest BCUT2D eigenvalue weighted by atomic mass is 32.1. The highest BCUT2D eigenvalue weighted by molar-refractivity contribution is 7.09. The highest BCUT2D eigenvalue weighted by Gasteiger charge is 2.22. The Bertz CT molecular complexity index is 1060. The molecule has 0 unspecified atom stereocenters. The number of nitrogens with zero attached hydrogens (tertiary/aromatic N) is 5. The quantitative estimate of drug-likeness (QED) is 0.532. The second-order valence-corrected chi connectivity index (χ2v) is 7.63. The van der Waals surface area contributed by atoms with Crippen LogP contribution < -0.4 is 4.74 Å². The molecule has 5 heterocycles. The van der Waals surface area contributed by atoms with Crippen molar-refractivity contribution in [3.63, 3.8) is 0 Å². The lowest BCUT2D eigenvalue weighted by molar-refractivity contribution is 0.139. The third-order valence-electron chi connectivity index (χ3n) is 4.60. The van der Waals surface area contributed by atoms with E-state index < -0.39 is 0 Å². The molecule has 5 rings (SSSR count). The van der Waals surface area contributed by atoms with Gasteiger partial charge in [0.2, 0.25) is 5.88 Å². The SMILES string of the molecule is Cn1cc(-n2ccc3nc(Cc4cccs4)nc(O[C@H]4CCOC4)c32)cn1. The summed E-state index contributed by atoms with van der Waals surface area (Å²) in [7, 11) is 1.90. The van der Waals surface area contributed by atoms with Crippen LogP contribution in [0.4, 0.5) is 0 Å². The summed E-state index contributed by atoms with van der Waals surface area (Å²) in [6.07, 6.45) is 7.37. The van der Waals surface area contributed by atoms with Crippen LogP contribution >= 0.6 is 11.3 Å². The molecule has 0 saturated carbocycles. The Balaban J connectivity index is 1.61. The molecule has 0 radical (unpaired) electrons. The topological polar surface area (TPSA) is 67.0 Å². The van der Waals surface area contributed by atoms with Gasteiger partial charge < -0.3 is 14.0 Å². The fraction of sp³-hybridized carbons (Fsp3) is 0.316. The summed E-state index contributed by atoms with van der Waals surface area (Å²) in [5.41, 5.74) is 2.69. The summed E-state index contributed by atoms with van der Waals surface area (Å²) in [4.78, 5) is 10.8. The van der Waals surface area contributed by atoms with Gasteiger partial charge in [-0.15, -0.1) is 11.3 Å². The Labute approximate surface area is 160 Å². The third-order valence-corrected chi connectivity index (χ3v) is 5.47. The molecule has 27 heavy (non-hydrogen) atoms. The van der Waals surface area contributed by atoms with Crippen LogP contribution in [0, 0.1) is 0 Å². The summed E-state index contributed by atoms with van der Waals surface area (Å²) in [5, 5.41) is 6.34. The van der Waals surface area contributed by atoms with E-state index in [0.29, 0.717) is 18.9 Å². The molecule has 0 N–H and O–H groups in total. The van der Waals surface area contributed by atoms with E-state index >= 15 is 0 Å². The molecule has 0 spiro atoms. The first kappa shape index (κ1) is 16.5. The Kier molecular flexibility index (Phi) is 4.14. The van der Waals surface area contributed by atoms with E-state index in [4.69, 9.17) is 19.4 Å². The number of hydrogen-bond donors (Lipinski definition) is 0. The van der Waals surface area contributed by atoms with Crippen LogP contribution in [0.5, 0.6) is 5.88 Å². The van der Waals surface area contributed by atoms with Gasteiger partial charge in [-0.05, 0) is 17.5 Å². The largest absolute Gasteiger partial charge is 0.470 e.